The largest absolute Gasteiger partial charge is 0.455 e. The van der Waals surface area contributed by atoms with Gasteiger partial charge < -0.3 is 9.73 Å². The molecule has 0 aliphatic heterocycles. The minimum atomic E-state index is -4.59. The van der Waals surface area contributed by atoms with E-state index in [1.165, 1.54) is 56.4 Å². The number of hydrogen-bond acceptors (Lipinski definition) is 4. The number of sulfonamides is 1. The Hall–Kier alpha value is -3.38. The van der Waals surface area contributed by atoms with Gasteiger partial charge in [-0.3, -0.25) is 9.52 Å². The van der Waals surface area contributed by atoms with Gasteiger partial charge in [0.05, 0.1) is 22.1 Å². The molecular formula is C29H25BrF4N2O4S. The number of furan rings is 1. The van der Waals surface area contributed by atoms with Crippen molar-refractivity contribution >= 4 is 48.5 Å². The Labute approximate surface area is 242 Å². The molecule has 1 heterocycles. The van der Waals surface area contributed by atoms with Crippen LogP contribution in [0.4, 0.5) is 23.2 Å². The molecule has 216 valence electrons. The third-order valence-electron chi connectivity index (χ3n) is 7.08. The molecular weight excluding hydrogens is 628 g/mol. The van der Waals surface area contributed by atoms with E-state index >= 15 is 0 Å². The Morgan fingerprint density at radius 3 is 2.39 bits per heavy atom. The van der Waals surface area contributed by atoms with Crippen LogP contribution < -0.4 is 10.0 Å². The Balaban J connectivity index is 1.52. The quantitative estimate of drug-likeness (QED) is 0.192. The van der Waals surface area contributed by atoms with Crippen molar-refractivity contribution in [1.82, 2.24) is 5.32 Å². The van der Waals surface area contributed by atoms with E-state index in [9.17, 15) is 30.8 Å². The molecule has 1 aromatic heterocycles. The third-order valence-corrected chi connectivity index (χ3v) is 9.50. The van der Waals surface area contributed by atoms with Crippen molar-refractivity contribution in [3.8, 4) is 11.3 Å². The van der Waals surface area contributed by atoms with Gasteiger partial charge in [-0.15, -0.1) is 0 Å². The van der Waals surface area contributed by atoms with Crippen LogP contribution in [0, 0.1) is 5.82 Å². The lowest BCUT2D eigenvalue weighted by Gasteiger charge is -2.18. The lowest BCUT2D eigenvalue weighted by molar-refractivity contribution is -0.138. The van der Waals surface area contributed by atoms with Gasteiger partial charge in [0.1, 0.15) is 17.2 Å². The van der Waals surface area contributed by atoms with E-state index in [2.05, 4.69) is 26.0 Å². The Morgan fingerprint density at radius 1 is 1.10 bits per heavy atom. The number of nitrogens with one attached hydrogen (secondary N) is 2. The molecule has 6 nitrogen and oxygen atoms in total. The summed E-state index contributed by atoms with van der Waals surface area (Å²) >= 11 is 2.90. The summed E-state index contributed by atoms with van der Waals surface area (Å²) in [4.78, 5) is 12.9. The van der Waals surface area contributed by atoms with Crippen LogP contribution in [-0.4, -0.2) is 26.6 Å². The summed E-state index contributed by atoms with van der Waals surface area (Å²) in [6.07, 6.45) is -3.09. The smallest absolute Gasteiger partial charge is 0.417 e. The summed E-state index contributed by atoms with van der Waals surface area (Å²) in [5.41, 5.74) is 1.28. The second-order valence-corrected chi connectivity index (χ2v) is 13.0. The van der Waals surface area contributed by atoms with Crippen LogP contribution in [0.5, 0.6) is 0 Å². The number of hydrogen-bond donors (Lipinski definition) is 2. The molecule has 1 unspecified atom stereocenters. The number of amides is 1. The van der Waals surface area contributed by atoms with Crippen molar-refractivity contribution in [2.45, 2.75) is 43.5 Å². The van der Waals surface area contributed by atoms with Crippen molar-refractivity contribution in [1.29, 1.82) is 0 Å². The molecule has 4 aromatic rings. The van der Waals surface area contributed by atoms with Gasteiger partial charge in [0, 0.05) is 28.5 Å². The first-order valence-corrected chi connectivity index (χ1v) is 15.1. The minimum absolute atomic E-state index is 0.0648. The molecule has 2 N–H and O–H groups in total. The van der Waals surface area contributed by atoms with Crippen molar-refractivity contribution in [2.24, 2.45) is 0 Å². The molecule has 0 spiro atoms. The molecule has 5 rings (SSSR count). The predicted molar refractivity (Wildman–Crippen MR) is 152 cm³/mol. The molecule has 1 atom stereocenters. The molecule has 0 radical (unpaired) electrons. The average Bonchev–Trinajstić information content (AvgIpc) is 3.69. The van der Waals surface area contributed by atoms with Gasteiger partial charge in [-0.05, 0) is 85.7 Å². The highest BCUT2D eigenvalue weighted by Gasteiger charge is 2.34. The molecule has 1 aliphatic rings. The third kappa shape index (κ3) is 5.99. The summed E-state index contributed by atoms with van der Waals surface area (Å²) in [5.74, 6) is -0.592. The molecule has 0 bridgehead atoms. The molecule has 1 saturated carbocycles. The second kappa shape index (κ2) is 10.8. The first-order valence-electron chi connectivity index (χ1n) is 12.7. The maximum absolute atomic E-state index is 13.6. The normalized spacial score (nSPS) is 14.7. The summed E-state index contributed by atoms with van der Waals surface area (Å²) in [6.45, 7) is 1.43. The van der Waals surface area contributed by atoms with Gasteiger partial charge in [-0.1, -0.05) is 22.0 Å². The number of rotatable bonds is 8. The molecule has 1 fully saturated rings. The SMILES string of the molecule is CNC(=O)c1c(-c2ccc(F)cc2)oc2cc(NS(=O)(=O)C(C)Cc3ccc(Br)c(C(F)(F)F)c3)c(C3CC3)cc12. The summed E-state index contributed by atoms with van der Waals surface area (Å²) in [6, 6.07) is 12.4. The zero-order valence-electron chi connectivity index (χ0n) is 21.9. The molecule has 1 amide bonds. The number of anilines is 1. The van der Waals surface area contributed by atoms with Gasteiger partial charge in [0.15, 0.2) is 0 Å². The highest BCUT2D eigenvalue weighted by Crippen LogP contribution is 2.47. The molecule has 0 saturated heterocycles. The lowest BCUT2D eigenvalue weighted by atomic mass is 10.0. The maximum Gasteiger partial charge on any atom is 0.417 e. The van der Waals surface area contributed by atoms with E-state index in [4.69, 9.17) is 4.42 Å². The van der Waals surface area contributed by atoms with Crippen LogP contribution in [0.3, 0.4) is 0 Å². The molecule has 3 aromatic carbocycles. The lowest BCUT2D eigenvalue weighted by Crippen LogP contribution is -2.27. The van der Waals surface area contributed by atoms with Crippen molar-refractivity contribution in [3.05, 3.63) is 87.1 Å². The number of fused-ring (bicyclic) bond motifs is 1. The Kier molecular flexibility index (Phi) is 7.66. The maximum atomic E-state index is 13.6. The molecule has 41 heavy (non-hydrogen) atoms. The van der Waals surface area contributed by atoms with Crippen LogP contribution in [0.1, 0.15) is 52.7 Å². The van der Waals surface area contributed by atoms with Crippen molar-refractivity contribution < 1.29 is 35.2 Å². The van der Waals surface area contributed by atoms with Gasteiger partial charge in [-0.25, -0.2) is 12.8 Å². The number of alkyl halides is 3. The summed E-state index contributed by atoms with van der Waals surface area (Å²) in [7, 11) is -2.58. The fraction of sp³-hybridized carbons (Fsp3) is 0.276. The van der Waals surface area contributed by atoms with Gasteiger partial charge in [0.25, 0.3) is 5.91 Å². The fourth-order valence-electron chi connectivity index (χ4n) is 4.75. The van der Waals surface area contributed by atoms with E-state index in [1.54, 1.807) is 6.07 Å². The van der Waals surface area contributed by atoms with Gasteiger partial charge >= 0.3 is 6.18 Å². The van der Waals surface area contributed by atoms with Gasteiger partial charge in [0.2, 0.25) is 10.0 Å². The van der Waals surface area contributed by atoms with E-state index in [0.29, 0.717) is 16.5 Å². The topological polar surface area (TPSA) is 88.4 Å². The first kappa shape index (κ1) is 29.1. The highest BCUT2D eigenvalue weighted by atomic mass is 79.9. The summed E-state index contributed by atoms with van der Waals surface area (Å²) in [5, 5.41) is 2.01. The zero-order valence-corrected chi connectivity index (χ0v) is 24.3. The van der Waals surface area contributed by atoms with Crippen LogP contribution in [0.15, 0.2) is 63.5 Å². The number of carbonyl (C=O) groups is 1. The molecule has 12 heteroatoms. The summed E-state index contributed by atoms with van der Waals surface area (Å²) < 4.78 is 89.0. The zero-order chi connectivity index (χ0) is 29.7. The Bertz CT molecular complexity index is 1750. The van der Waals surface area contributed by atoms with Crippen LogP contribution >= 0.6 is 15.9 Å². The van der Waals surface area contributed by atoms with Gasteiger partial charge in [-0.2, -0.15) is 13.2 Å². The predicted octanol–water partition coefficient (Wildman–Crippen LogP) is 7.63. The number of halogens is 5. The monoisotopic (exact) mass is 652 g/mol. The number of benzene rings is 3. The highest BCUT2D eigenvalue weighted by molar-refractivity contribution is 9.10. The van der Waals surface area contributed by atoms with E-state index in [-0.39, 0.29) is 45.0 Å². The van der Waals surface area contributed by atoms with E-state index in [0.717, 1.165) is 18.9 Å². The van der Waals surface area contributed by atoms with Crippen LogP contribution in [-0.2, 0) is 22.6 Å². The average molecular weight is 653 g/mol. The Morgan fingerprint density at radius 2 is 1.78 bits per heavy atom. The number of carbonyl (C=O) groups excluding carboxylic acids is 1. The fourth-order valence-corrected chi connectivity index (χ4v) is 6.32. The standard InChI is InChI=1S/C29H25BrF4N2O4S/c1-15(11-16-3-10-23(30)22(12-16)29(32,33)34)41(38,39)36-24-14-25-21(13-20(24)17-4-5-17)26(28(37)35-2)27(40-25)18-6-8-19(31)9-7-18/h3,6-10,12-15,17,36H,4-5,11H2,1-2H3,(H,35,37). The van der Waals surface area contributed by atoms with E-state index < -0.39 is 38.7 Å². The van der Waals surface area contributed by atoms with Crippen molar-refractivity contribution in [3.63, 3.8) is 0 Å². The minimum Gasteiger partial charge on any atom is -0.455 e. The first-order chi connectivity index (χ1) is 19.3. The second-order valence-electron chi connectivity index (χ2n) is 10.1. The van der Waals surface area contributed by atoms with Crippen molar-refractivity contribution in [2.75, 3.05) is 11.8 Å². The van der Waals surface area contributed by atoms with Crippen LogP contribution in [0.25, 0.3) is 22.3 Å². The van der Waals surface area contributed by atoms with Crippen LogP contribution in [0.2, 0.25) is 0 Å². The molecule has 1 aliphatic carbocycles. The van der Waals surface area contributed by atoms with E-state index in [1.807, 2.05) is 0 Å².